The summed E-state index contributed by atoms with van der Waals surface area (Å²) in [7, 11) is 0. The van der Waals surface area contributed by atoms with Gasteiger partial charge in [-0.1, -0.05) is 38.0 Å². The van der Waals surface area contributed by atoms with E-state index in [0.29, 0.717) is 12.3 Å². The second-order valence-electron chi connectivity index (χ2n) is 5.34. The van der Waals surface area contributed by atoms with E-state index in [1.807, 2.05) is 18.2 Å². The Morgan fingerprint density at radius 1 is 1.26 bits per heavy atom. The first-order valence-electron chi connectivity index (χ1n) is 7.38. The van der Waals surface area contributed by atoms with Crippen LogP contribution in [0.3, 0.4) is 0 Å². The maximum absolute atomic E-state index is 12.1. The summed E-state index contributed by atoms with van der Waals surface area (Å²) in [6.07, 6.45) is 5.68. The first-order valence-corrected chi connectivity index (χ1v) is 7.38. The molecule has 1 aliphatic carbocycles. The fourth-order valence-corrected chi connectivity index (χ4v) is 2.73. The molecule has 1 amide bonds. The standard InChI is InChI=1S/C16H24N2O/c1-2-17-12-14-9-5-6-10-15(14)18-16(19)11-13-7-3-4-8-13/h5-6,9-10,13,17H,2-4,7-8,11-12H2,1H3,(H,18,19). The lowest BCUT2D eigenvalue weighted by Gasteiger charge is -2.13. The van der Waals surface area contributed by atoms with Crippen LogP contribution in [-0.2, 0) is 11.3 Å². The predicted molar refractivity (Wildman–Crippen MR) is 79.0 cm³/mol. The molecule has 1 aromatic rings. The molecule has 0 spiro atoms. The summed E-state index contributed by atoms with van der Waals surface area (Å²) in [5.74, 6) is 0.761. The minimum atomic E-state index is 0.163. The molecule has 1 fully saturated rings. The van der Waals surface area contributed by atoms with Crippen LogP contribution in [0.5, 0.6) is 0 Å². The summed E-state index contributed by atoms with van der Waals surface area (Å²) in [4.78, 5) is 12.1. The van der Waals surface area contributed by atoms with Gasteiger partial charge in [-0.25, -0.2) is 0 Å². The van der Waals surface area contributed by atoms with Crippen LogP contribution in [0.15, 0.2) is 24.3 Å². The van der Waals surface area contributed by atoms with Gasteiger partial charge >= 0.3 is 0 Å². The Kier molecular flexibility index (Phi) is 5.40. The fraction of sp³-hybridized carbons (Fsp3) is 0.562. The lowest BCUT2D eigenvalue weighted by Crippen LogP contribution is -2.18. The third-order valence-electron chi connectivity index (χ3n) is 3.81. The molecule has 2 rings (SSSR count). The summed E-state index contributed by atoms with van der Waals surface area (Å²) in [6, 6.07) is 8.03. The number of nitrogens with one attached hydrogen (secondary N) is 2. The number of hydrogen-bond acceptors (Lipinski definition) is 2. The molecule has 0 saturated heterocycles. The Balaban J connectivity index is 1.91. The molecule has 0 aromatic heterocycles. The number of anilines is 1. The minimum absolute atomic E-state index is 0.163. The summed E-state index contributed by atoms with van der Waals surface area (Å²) in [5, 5.41) is 6.37. The van der Waals surface area contributed by atoms with E-state index < -0.39 is 0 Å². The molecule has 2 N–H and O–H groups in total. The number of carbonyl (C=O) groups excluding carboxylic acids is 1. The second-order valence-corrected chi connectivity index (χ2v) is 5.34. The quantitative estimate of drug-likeness (QED) is 0.824. The molecule has 3 heteroatoms. The van der Waals surface area contributed by atoms with Crippen LogP contribution in [0.1, 0.15) is 44.6 Å². The van der Waals surface area contributed by atoms with Gasteiger partial charge in [0.1, 0.15) is 0 Å². The van der Waals surface area contributed by atoms with Gasteiger partial charge in [0.15, 0.2) is 0 Å². The topological polar surface area (TPSA) is 41.1 Å². The molecule has 1 aliphatic rings. The molecule has 0 bridgehead atoms. The van der Waals surface area contributed by atoms with Crippen LogP contribution < -0.4 is 10.6 Å². The molecule has 0 heterocycles. The van der Waals surface area contributed by atoms with Gasteiger partial charge in [0, 0.05) is 18.7 Å². The average molecular weight is 260 g/mol. The van der Waals surface area contributed by atoms with Crippen LogP contribution in [0.25, 0.3) is 0 Å². The van der Waals surface area contributed by atoms with E-state index >= 15 is 0 Å². The van der Waals surface area contributed by atoms with Crippen LogP contribution in [0.2, 0.25) is 0 Å². The van der Waals surface area contributed by atoms with Crippen molar-refractivity contribution in [2.45, 2.75) is 45.6 Å². The fourth-order valence-electron chi connectivity index (χ4n) is 2.73. The van der Waals surface area contributed by atoms with Crippen LogP contribution in [0, 0.1) is 5.92 Å². The van der Waals surface area contributed by atoms with Crippen molar-refractivity contribution in [2.24, 2.45) is 5.92 Å². The number of amides is 1. The average Bonchev–Trinajstić information content (AvgIpc) is 2.90. The third kappa shape index (κ3) is 4.35. The summed E-state index contributed by atoms with van der Waals surface area (Å²) in [6.45, 7) is 3.82. The molecule has 0 unspecified atom stereocenters. The molecule has 3 nitrogen and oxygen atoms in total. The largest absolute Gasteiger partial charge is 0.326 e. The van der Waals surface area contributed by atoms with Crippen molar-refractivity contribution in [3.63, 3.8) is 0 Å². The Hall–Kier alpha value is -1.35. The molecule has 1 aromatic carbocycles. The Morgan fingerprint density at radius 3 is 2.74 bits per heavy atom. The van der Waals surface area contributed by atoms with Crippen molar-refractivity contribution in [2.75, 3.05) is 11.9 Å². The molecule has 1 saturated carbocycles. The van der Waals surface area contributed by atoms with Crippen molar-refractivity contribution in [3.05, 3.63) is 29.8 Å². The highest BCUT2D eigenvalue weighted by Gasteiger charge is 2.18. The van der Waals surface area contributed by atoms with Gasteiger partial charge < -0.3 is 10.6 Å². The zero-order valence-electron chi connectivity index (χ0n) is 11.7. The van der Waals surface area contributed by atoms with Crippen molar-refractivity contribution < 1.29 is 4.79 Å². The van der Waals surface area contributed by atoms with Crippen molar-refractivity contribution >= 4 is 11.6 Å². The first-order chi connectivity index (χ1) is 9.29. The molecule has 104 valence electrons. The van der Waals surface area contributed by atoms with E-state index in [1.54, 1.807) is 0 Å². The molecule has 0 aliphatic heterocycles. The van der Waals surface area contributed by atoms with Crippen molar-refractivity contribution in [1.29, 1.82) is 0 Å². The van der Waals surface area contributed by atoms with Gasteiger partial charge in [-0.2, -0.15) is 0 Å². The van der Waals surface area contributed by atoms with E-state index in [0.717, 1.165) is 24.3 Å². The lowest BCUT2D eigenvalue weighted by atomic mass is 10.0. The smallest absolute Gasteiger partial charge is 0.224 e. The Labute approximate surface area is 115 Å². The summed E-state index contributed by atoms with van der Waals surface area (Å²) in [5.41, 5.74) is 2.11. The zero-order valence-corrected chi connectivity index (χ0v) is 11.7. The Bertz CT molecular complexity index is 411. The SMILES string of the molecule is CCNCc1ccccc1NC(=O)CC1CCCC1. The highest BCUT2D eigenvalue weighted by Crippen LogP contribution is 2.28. The Morgan fingerprint density at radius 2 is 2.00 bits per heavy atom. The number of para-hydroxylation sites is 1. The van der Waals surface area contributed by atoms with Gasteiger partial charge in [-0.3, -0.25) is 4.79 Å². The van der Waals surface area contributed by atoms with E-state index in [2.05, 4.69) is 23.6 Å². The summed E-state index contributed by atoms with van der Waals surface area (Å²) >= 11 is 0. The van der Waals surface area contributed by atoms with Crippen molar-refractivity contribution in [1.82, 2.24) is 5.32 Å². The molecule has 19 heavy (non-hydrogen) atoms. The van der Waals surface area contributed by atoms with Gasteiger partial charge in [-0.05, 0) is 36.9 Å². The number of benzene rings is 1. The monoisotopic (exact) mass is 260 g/mol. The van der Waals surface area contributed by atoms with Crippen LogP contribution in [0.4, 0.5) is 5.69 Å². The highest BCUT2D eigenvalue weighted by atomic mass is 16.1. The normalized spacial score (nSPS) is 15.6. The van der Waals surface area contributed by atoms with Gasteiger partial charge in [0.25, 0.3) is 0 Å². The maximum atomic E-state index is 12.1. The predicted octanol–water partition coefficient (Wildman–Crippen LogP) is 3.31. The van der Waals surface area contributed by atoms with Crippen molar-refractivity contribution in [3.8, 4) is 0 Å². The van der Waals surface area contributed by atoms with E-state index in [1.165, 1.54) is 25.7 Å². The van der Waals surface area contributed by atoms with E-state index in [9.17, 15) is 4.79 Å². The summed E-state index contributed by atoms with van der Waals surface area (Å²) < 4.78 is 0. The lowest BCUT2D eigenvalue weighted by molar-refractivity contribution is -0.117. The highest BCUT2D eigenvalue weighted by molar-refractivity contribution is 5.91. The van der Waals surface area contributed by atoms with Gasteiger partial charge in [-0.15, -0.1) is 0 Å². The first kappa shape index (κ1) is 14.1. The van der Waals surface area contributed by atoms with Crippen LogP contribution in [-0.4, -0.2) is 12.5 Å². The zero-order chi connectivity index (χ0) is 13.5. The number of rotatable bonds is 6. The molecular formula is C16H24N2O. The number of carbonyl (C=O) groups is 1. The number of hydrogen-bond donors (Lipinski definition) is 2. The third-order valence-corrected chi connectivity index (χ3v) is 3.81. The van der Waals surface area contributed by atoms with Gasteiger partial charge in [0.2, 0.25) is 5.91 Å². The molecular weight excluding hydrogens is 236 g/mol. The molecule has 0 atom stereocenters. The van der Waals surface area contributed by atoms with Gasteiger partial charge in [0.05, 0.1) is 0 Å². The van der Waals surface area contributed by atoms with E-state index in [4.69, 9.17) is 0 Å². The second kappa shape index (κ2) is 7.29. The molecule has 0 radical (unpaired) electrons. The maximum Gasteiger partial charge on any atom is 0.224 e. The minimum Gasteiger partial charge on any atom is -0.326 e. The van der Waals surface area contributed by atoms with E-state index in [-0.39, 0.29) is 5.91 Å². The van der Waals surface area contributed by atoms with Crippen LogP contribution >= 0.6 is 0 Å².